The number of hydrogen-bond acceptors (Lipinski definition) is 6. The van der Waals surface area contributed by atoms with Crippen LogP contribution in [0.3, 0.4) is 0 Å². The molecule has 1 unspecified atom stereocenters. The van der Waals surface area contributed by atoms with Crippen molar-refractivity contribution in [1.82, 2.24) is 9.55 Å². The SMILES string of the molecule is Cc1cn(-c2ccc(C(C=NC3CCc4cc(Cl)ccc4NC3=O)=NN)cc2OCC(F)(F)F)cn1. The first-order valence-electron chi connectivity index (χ1n) is 10.9. The molecule has 1 amide bonds. The number of ether oxygens (including phenoxy) is 1. The first kappa shape index (κ1) is 25.2. The predicted octanol–water partition coefficient (Wildman–Crippen LogP) is 4.46. The highest BCUT2D eigenvalue weighted by molar-refractivity contribution is 6.38. The van der Waals surface area contributed by atoms with Gasteiger partial charge in [0, 0.05) is 22.5 Å². The highest BCUT2D eigenvalue weighted by atomic mass is 35.5. The smallest absolute Gasteiger partial charge is 0.422 e. The Bertz CT molecular complexity index is 1340. The number of fused-ring (bicyclic) bond motifs is 1. The lowest BCUT2D eigenvalue weighted by atomic mass is 10.1. The van der Waals surface area contributed by atoms with Gasteiger partial charge in [0.2, 0.25) is 5.91 Å². The van der Waals surface area contributed by atoms with E-state index in [1.165, 1.54) is 18.6 Å². The molecule has 4 rings (SSSR count). The summed E-state index contributed by atoms with van der Waals surface area (Å²) >= 11 is 6.05. The van der Waals surface area contributed by atoms with Crippen LogP contribution in [0.2, 0.25) is 5.02 Å². The zero-order chi connectivity index (χ0) is 25.9. The molecule has 12 heteroatoms. The van der Waals surface area contributed by atoms with Crippen molar-refractivity contribution in [3.8, 4) is 11.4 Å². The Kier molecular flexibility index (Phi) is 7.30. The van der Waals surface area contributed by atoms with Gasteiger partial charge in [-0.05, 0) is 55.7 Å². The van der Waals surface area contributed by atoms with Crippen LogP contribution in [-0.2, 0) is 11.2 Å². The van der Waals surface area contributed by atoms with Gasteiger partial charge in [-0.2, -0.15) is 18.3 Å². The van der Waals surface area contributed by atoms with Crippen LogP contribution in [0.4, 0.5) is 18.9 Å². The number of hydrogen-bond donors (Lipinski definition) is 2. The number of anilines is 1. The number of alkyl halides is 3. The molecule has 0 saturated carbocycles. The zero-order valence-electron chi connectivity index (χ0n) is 19.1. The van der Waals surface area contributed by atoms with Crippen molar-refractivity contribution in [2.45, 2.75) is 32.0 Å². The molecule has 2 aromatic carbocycles. The highest BCUT2D eigenvalue weighted by Gasteiger charge is 2.29. The molecule has 188 valence electrons. The highest BCUT2D eigenvalue weighted by Crippen LogP contribution is 2.28. The van der Waals surface area contributed by atoms with Crippen molar-refractivity contribution in [3.05, 3.63) is 70.8 Å². The molecule has 1 aromatic heterocycles. The minimum Gasteiger partial charge on any atom is -0.482 e. The number of rotatable bonds is 6. The third-order valence-electron chi connectivity index (χ3n) is 5.47. The topological polar surface area (TPSA) is 107 Å². The molecule has 0 bridgehead atoms. The van der Waals surface area contributed by atoms with Gasteiger partial charge >= 0.3 is 6.18 Å². The van der Waals surface area contributed by atoms with Gasteiger partial charge in [0.05, 0.1) is 23.9 Å². The molecule has 1 aliphatic rings. The summed E-state index contributed by atoms with van der Waals surface area (Å²) in [6.45, 7) is 0.278. The fourth-order valence-electron chi connectivity index (χ4n) is 3.73. The van der Waals surface area contributed by atoms with Crippen LogP contribution < -0.4 is 15.9 Å². The van der Waals surface area contributed by atoms with Gasteiger partial charge in [-0.1, -0.05) is 17.7 Å². The molecule has 0 saturated heterocycles. The maximum atomic E-state index is 12.9. The normalized spacial score (nSPS) is 16.5. The lowest BCUT2D eigenvalue weighted by Crippen LogP contribution is -2.25. The molecule has 3 N–H and O–H groups in total. The first-order valence-corrected chi connectivity index (χ1v) is 11.3. The van der Waals surface area contributed by atoms with E-state index in [1.54, 1.807) is 48.0 Å². The third kappa shape index (κ3) is 6.03. The van der Waals surface area contributed by atoms with Crippen LogP contribution in [0.5, 0.6) is 5.75 Å². The number of benzene rings is 2. The molecular formula is C24H22ClF3N6O2. The summed E-state index contributed by atoms with van der Waals surface area (Å²) in [5, 5.41) is 7.12. The van der Waals surface area contributed by atoms with E-state index >= 15 is 0 Å². The zero-order valence-corrected chi connectivity index (χ0v) is 19.8. The number of nitrogens with two attached hydrogens (primary N) is 1. The second-order valence-corrected chi connectivity index (χ2v) is 8.58. The van der Waals surface area contributed by atoms with Crippen molar-refractivity contribution in [1.29, 1.82) is 0 Å². The van der Waals surface area contributed by atoms with Crippen LogP contribution >= 0.6 is 11.6 Å². The largest absolute Gasteiger partial charge is 0.482 e. The quantitative estimate of drug-likeness (QED) is 0.285. The maximum Gasteiger partial charge on any atom is 0.422 e. The molecule has 0 spiro atoms. The Hall–Kier alpha value is -3.86. The fourth-order valence-corrected chi connectivity index (χ4v) is 3.93. The molecule has 0 aliphatic carbocycles. The summed E-state index contributed by atoms with van der Waals surface area (Å²) < 4.78 is 45.2. The average Bonchev–Trinajstić information content (AvgIpc) is 3.20. The van der Waals surface area contributed by atoms with Crippen molar-refractivity contribution in [2.75, 3.05) is 11.9 Å². The van der Waals surface area contributed by atoms with Crippen molar-refractivity contribution in [2.24, 2.45) is 15.9 Å². The van der Waals surface area contributed by atoms with Gasteiger partial charge in [-0.15, -0.1) is 0 Å². The number of hydrazone groups is 1. The van der Waals surface area contributed by atoms with Gasteiger partial charge in [0.15, 0.2) is 6.61 Å². The summed E-state index contributed by atoms with van der Waals surface area (Å²) in [5.41, 5.74) is 3.14. The minimum absolute atomic E-state index is 0.0451. The average molecular weight is 519 g/mol. The van der Waals surface area contributed by atoms with Crippen LogP contribution in [0.15, 0.2) is 59.0 Å². The number of halogens is 4. The Balaban J connectivity index is 1.58. The van der Waals surface area contributed by atoms with Gasteiger partial charge in [-0.25, -0.2) is 4.98 Å². The number of aryl methyl sites for hydroxylation is 2. The van der Waals surface area contributed by atoms with E-state index in [1.807, 2.05) is 0 Å². The molecular weight excluding hydrogens is 497 g/mol. The Morgan fingerprint density at radius 1 is 1.33 bits per heavy atom. The summed E-state index contributed by atoms with van der Waals surface area (Å²) in [4.78, 5) is 21.1. The monoisotopic (exact) mass is 518 g/mol. The molecule has 2 heterocycles. The summed E-state index contributed by atoms with van der Waals surface area (Å²) in [6, 6.07) is 9.08. The van der Waals surface area contributed by atoms with Gasteiger partial charge in [0.25, 0.3) is 0 Å². The van der Waals surface area contributed by atoms with Crippen LogP contribution in [-0.4, -0.2) is 46.2 Å². The van der Waals surface area contributed by atoms with E-state index in [0.29, 0.717) is 40.5 Å². The molecule has 0 radical (unpaired) electrons. The van der Waals surface area contributed by atoms with Gasteiger partial charge in [0.1, 0.15) is 17.5 Å². The lowest BCUT2D eigenvalue weighted by molar-refractivity contribution is -0.153. The van der Waals surface area contributed by atoms with Crippen molar-refractivity contribution in [3.63, 3.8) is 0 Å². The molecule has 0 fully saturated rings. The number of aliphatic imine (C=N–C) groups is 1. The summed E-state index contributed by atoms with van der Waals surface area (Å²) in [7, 11) is 0. The third-order valence-corrected chi connectivity index (χ3v) is 5.70. The number of aromatic nitrogens is 2. The van der Waals surface area contributed by atoms with Crippen LogP contribution in [0.25, 0.3) is 5.69 Å². The second kappa shape index (κ2) is 10.4. The molecule has 3 aromatic rings. The van der Waals surface area contributed by atoms with E-state index in [4.69, 9.17) is 22.2 Å². The Morgan fingerprint density at radius 3 is 2.83 bits per heavy atom. The molecule has 1 aliphatic heterocycles. The standard InChI is InChI=1S/C24H22ClF3N6O2/c1-14-11-34(13-31-14)21-7-3-16(9-22(21)36-12-24(26,27)28)20(33-29)10-30-19-5-2-15-8-17(25)4-6-18(15)32-23(19)35/h3-4,6-11,13,19H,2,5,12,29H2,1H3,(H,32,35). The van der Waals surface area contributed by atoms with Gasteiger partial charge < -0.3 is 20.5 Å². The van der Waals surface area contributed by atoms with Crippen molar-refractivity contribution >= 4 is 35.1 Å². The van der Waals surface area contributed by atoms with Crippen molar-refractivity contribution < 1.29 is 22.7 Å². The predicted molar refractivity (Wildman–Crippen MR) is 131 cm³/mol. The number of imidazole rings is 1. The molecule has 36 heavy (non-hydrogen) atoms. The van der Waals surface area contributed by atoms with Crippen LogP contribution in [0, 0.1) is 6.92 Å². The van der Waals surface area contributed by atoms with Crippen LogP contribution in [0.1, 0.15) is 23.2 Å². The molecule has 1 atom stereocenters. The van der Waals surface area contributed by atoms with E-state index in [9.17, 15) is 18.0 Å². The van der Waals surface area contributed by atoms with E-state index < -0.39 is 18.8 Å². The molecule has 8 nitrogen and oxygen atoms in total. The minimum atomic E-state index is -4.53. The second-order valence-electron chi connectivity index (χ2n) is 8.15. The number of carbonyl (C=O) groups excluding carboxylic acids is 1. The summed E-state index contributed by atoms with van der Waals surface area (Å²) in [5.74, 6) is 5.22. The fraction of sp³-hybridized carbons (Fsp3) is 0.250. The number of carbonyl (C=O) groups is 1. The lowest BCUT2D eigenvalue weighted by Gasteiger charge is -2.15. The van der Waals surface area contributed by atoms with Gasteiger partial charge in [-0.3, -0.25) is 9.79 Å². The van der Waals surface area contributed by atoms with E-state index in [0.717, 1.165) is 5.56 Å². The number of nitrogens with one attached hydrogen (secondary N) is 1. The number of nitrogens with zero attached hydrogens (tertiary/aromatic N) is 4. The van der Waals surface area contributed by atoms with E-state index in [2.05, 4.69) is 20.4 Å². The Labute approximate surface area is 209 Å². The summed E-state index contributed by atoms with van der Waals surface area (Å²) in [6.07, 6.45) is 0.924. The maximum absolute atomic E-state index is 12.9. The first-order chi connectivity index (χ1) is 17.1. The Morgan fingerprint density at radius 2 is 2.14 bits per heavy atom. The number of amides is 1. The van der Waals surface area contributed by atoms with E-state index in [-0.39, 0.29) is 17.4 Å².